The summed E-state index contributed by atoms with van der Waals surface area (Å²) in [6, 6.07) is 6.72. The molecular formula is C16H25NO2. The minimum absolute atomic E-state index is 0.0926. The van der Waals surface area contributed by atoms with Crippen LogP contribution in [-0.4, -0.2) is 29.7 Å². The monoisotopic (exact) mass is 263 g/mol. The van der Waals surface area contributed by atoms with Crippen LogP contribution in [0.3, 0.4) is 0 Å². The molecule has 3 nitrogen and oxygen atoms in total. The third-order valence-corrected chi connectivity index (χ3v) is 3.76. The molecule has 106 valence electrons. The largest absolute Gasteiger partial charge is 0.496 e. The summed E-state index contributed by atoms with van der Waals surface area (Å²) >= 11 is 0. The van der Waals surface area contributed by atoms with Crippen LogP contribution in [0, 0.1) is 0 Å². The van der Waals surface area contributed by atoms with Crippen molar-refractivity contribution in [3.8, 4) is 5.75 Å². The van der Waals surface area contributed by atoms with E-state index in [0.29, 0.717) is 0 Å². The average Bonchev–Trinajstić information content (AvgIpc) is 3.27. The third kappa shape index (κ3) is 3.95. The van der Waals surface area contributed by atoms with Gasteiger partial charge in [-0.3, -0.25) is 4.90 Å². The van der Waals surface area contributed by atoms with Crippen LogP contribution in [0.25, 0.3) is 0 Å². The Kier molecular flexibility index (Phi) is 5.23. The van der Waals surface area contributed by atoms with Gasteiger partial charge in [0, 0.05) is 18.2 Å². The molecule has 1 aliphatic carbocycles. The van der Waals surface area contributed by atoms with Crippen molar-refractivity contribution in [1.29, 1.82) is 0 Å². The van der Waals surface area contributed by atoms with Crippen molar-refractivity contribution in [3.05, 3.63) is 29.3 Å². The maximum atomic E-state index is 9.27. The molecule has 1 N–H and O–H groups in total. The molecule has 1 fully saturated rings. The predicted molar refractivity (Wildman–Crippen MR) is 77.3 cm³/mol. The highest BCUT2D eigenvalue weighted by atomic mass is 16.5. The number of methoxy groups -OCH3 is 1. The standard InChI is InChI=1S/C16H25NO2/c1-3-4-9-17(15-6-7-15)11-14-10-13(12-18)5-8-16(14)19-2/h5,8,10,15,18H,3-4,6-7,9,11-12H2,1-2H3. The van der Waals surface area contributed by atoms with Gasteiger partial charge >= 0.3 is 0 Å². The lowest BCUT2D eigenvalue weighted by atomic mass is 10.1. The minimum Gasteiger partial charge on any atom is -0.496 e. The molecule has 1 saturated carbocycles. The van der Waals surface area contributed by atoms with Gasteiger partial charge in [0.15, 0.2) is 0 Å². The fourth-order valence-corrected chi connectivity index (χ4v) is 2.46. The van der Waals surface area contributed by atoms with Gasteiger partial charge in [0.2, 0.25) is 0 Å². The van der Waals surface area contributed by atoms with E-state index in [0.717, 1.165) is 30.4 Å². The Morgan fingerprint density at radius 3 is 2.74 bits per heavy atom. The van der Waals surface area contributed by atoms with Crippen molar-refractivity contribution in [3.63, 3.8) is 0 Å². The van der Waals surface area contributed by atoms with Gasteiger partial charge in [0.25, 0.3) is 0 Å². The molecule has 0 atom stereocenters. The fourth-order valence-electron chi connectivity index (χ4n) is 2.46. The second-order valence-electron chi connectivity index (χ2n) is 5.36. The zero-order chi connectivity index (χ0) is 13.7. The van der Waals surface area contributed by atoms with Crippen LogP contribution in [0.15, 0.2) is 18.2 Å². The maximum Gasteiger partial charge on any atom is 0.123 e. The number of hydrogen-bond donors (Lipinski definition) is 1. The molecule has 1 aromatic carbocycles. The van der Waals surface area contributed by atoms with E-state index in [-0.39, 0.29) is 6.61 Å². The molecule has 0 saturated heterocycles. The summed E-state index contributed by atoms with van der Waals surface area (Å²) in [5.74, 6) is 0.930. The van der Waals surface area contributed by atoms with Gasteiger partial charge in [-0.15, -0.1) is 0 Å². The van der Waals surface area contributed by atoms with Crippen molar-refractivity contribution in [2.45, 2.75) is 51.8 Å². The molecule has 0 unspecified atom stereocenters. The Labute approximate surface area is 116 Å². The zero-order valence-corrected chi connectivity index (χ0v) is 12.1. The first-order valence-corrected chi connectivity index (χ1v) is 7.29. The highest BCUT2D eigenvalue weighted by molar-refractivity contribution is 5.37. The number of aliphatic hydroxyl groups is 1. The van der Waals surface area contributed by atoms with Crippen LogP contribution in [0.2, 0.25) is 0 Å². The summed E-state index contributed by atoms with van der Waals surface area (Å²) in [4.78, 5) is 2.56. The topological polar surface area (TPSA) is 32.7 Å². The Bertz CT molecular complexity index is 402. The number of hydrogen-bond acceptors (Lipinski definition) is 3. The fraction of sp³-hybridized carbons (Fsp3) is 0.625. The van der Waals surface area contributed by atoms with E-state index < -0.39 is 0 Å². The Hall–Kier alpha value is -1.06. The summed E-state index contributed by atoms with van der Waals surface area (Å²) in [7, 11) is 1.71. The zero-order valence-electron chi connectivity index (χ0n) is 12.1. The molecule has 0 heterocycles. The SMILES string of the molecule is CCCCN(Cc1cc(CO)ccc1OC)C1CC1. The molecule has 2 rings (SSSR count). The molecule has 0 aliphatic heterocycles. The van der Waals surface area contributed by atoms with E-state index >= 15 is 0 Å². The normalized spacial score (nSPS) is 14.9. The van der Waals surface area contributed by atoms with Crippen LogP contribution >= 0.6 is 0 Å². The van der Waals surface area contributed by atoms with E-state index in [1.165, 1.54) is 31.2 Å². The number of rotatable bonds is 8. The third-order valence-electron chi connectivity index (χ3n) is 3.76. The van der Waals surface area contributed by atoms with E-state index in [1.807, 2.05) is 12.1 Å². The van der Waals surface area contributed by atoms with Gasteiger partial charge in [0.05, 0.1) is 13.7 Å². The highest BCUT2D eigenvalue weighted by Crippen LogP contribution is 2.31. The smallest absolute Gasteiger partial charge is 0.123 e. The lowest BCUT2D eigenvalue weighted by molar-refractivity contribution is 0.246. The van der Waals surface area contributed by atoms with Crippen molar-refractivity contribution in [2.24, 2.45) is 0 Å². The number of nitrogens with zero attached hydrogens (tertiary/aromatic N) is 1. The molecule has 0 aromatic heterocycles. The average molecular weight is 263 g/mol. The number of unbranched alkanes of at least 4 members (excludes halogenated alkanes) is 1. The Balaban J connectivity index is 2.09. The van der Waals surface area contributed by atoms with E-state index in [4.69, 9.17) is 4.74 Å². The molecule has 0 spiro atoms. The van der Waals surface area contributed by atoms with Crippen LogP contribution in [0.5, 0.6) is 5.75 Å². The summed E-state index contributed by atoms with van der Waals surface area (Å²) in [5.41, 5.74) is 2.15. The molecule has 1 aromatic rings. The highest BCUT2D eigenvalue weighted by Gasteiger charge is 2.28. The lowest BCUT2D eigenvalue weighted by Crippen LogP contribution is -2.27. The van der Waals surface area contributed by atoms with Gasteiger partial charge in [0.1, 0.15) is 5.75 Å². The first-order valence-electron chi connectivity index (χ1n) is 7.29. The molecular weight excluding hydrogens is 238 g/mol. The second kappa shape index (κ2) is 6.92. The second-order valence-corrected chi connectivity index (χ2v) is 5.36. The van der Waals surface area contributed by atoms with Gasteiger partial charge in [-0.2, -0.15) is 0 Å². The Morgan fingerprint density at radius 1 is 1.37 bits per heavy atom. The number of ether oxygens (including phenoxy) is 1. The molecule has 19 heavy (non-hydrogen) atoms. The van der Waals surface area contributed by atoms with Crippen molar-refractivity contribution >= 4 is 0 Å². The van der Waals surface area contributed by atoms with Crippen LogP contribution in [0.4, 0.5) is 0 Å². The molecule has 0 amide bonds. The van der Waals surface area contributed by atoms with Crippen LogP contribution in [0.1, 0.15) is 43.7 Å². The minimum atomic E-state index is 0.0926. The number of aliphatic hydroxyl groups excluding tert-OH is 1. The predicted octanol–water partition coefficient (Wildman–Crippen LogP) is 2.95. The first-order chi connectivity index (χ1) is 9.28. The van der Waals surface area contributed by atoms with Crippen molar-refractivity contribution < 1.29 is 9.84 Å². The summed E-state index contributed by atoms with van der Waals surface area (Å²) < 4.78 is 5.44. The molecule has 3 heteroatoms. The quantitative estimate of drug-likeness (QED) is 0.782. The summed E-state index contributed by atoms with van der Waals surface area (Å²) in [6.45, 7) is 4.42. The maximum absolute atomic E-state index is 9.27. The lowest BCUT2D eigenvalue weighted by Gasteiger charge is -2.23. The van der Waals surface area contributed by atoms with Gasteiger partial charge in [-0.1, -0.05) is 19.4 Å². The summed E-state index contributed by atoms with van der Waals surface area (Å²) in [6.07, 6.45) is 5.13. The van der Waals surface area contributed by atoms with E-state index in [9.17, 15) is 5.11 Å². The van der Waals surface area contributed by atoms with Gasteiger partial charge in [-0.25, -0.2) is 0 Å². The Morgan fingerprint density at radius 2 is 2.16 bits per heavy atom. The molecule has 0 bridgehead atoms. The van der Waals surface area contributed by atoms with Gasteiger partial charge < -0.3 is 9.84 Å². The molecule has 1 aliphatic rings. The van der Waals surface area contributed by atoms with E-state index in [1.54, 1.807) is 7.11 Å². The van der Waals surface area contributed by atoms with Crippen molar-refractivity contribution in [1.82, 2.24) is 4.90 Å². The van der Waals surface area contributed by atoms with Crippen LogP contribution in [-0.2, 0) is 13.2 Å². The number of benzene rings is 1. The first kappa shape index (κ1) is 14.4. The molecule has 0 radical (unpaired) electrons. The van der Waals surface area contributed by atoms with Gasteiger partial charge in [-0.05, 0) is 43.5 Å². The van der Waals surface area contributed by atoms with Crippen molar-refractivity contribution in [2.75, 3.05) is 13.7 Å². The van der Waals surface area contributed by atoms with Crippen LogP contribution < -0.4 is 4.74 Å². The summed E-state index contributed by atoms with van der Waals surface area (Å²) in [5, 5.41) is 9.27. The van der Waals surface area contributed by atoms with E-state index in [2.05, 4.69) is 17.9 Å².